The van der Waals surface area contributed by atoms with E-state index in [2.05, 4.69) is 25.1 Å². The SMILES string of the molecule is Cc1ccc(O[C@@H]2CCc3c(Oc4ccccc4)cccc32)cc1. The summed E-state index contributed by atoms with van der Waals surface area (Å²) in [5.41, 5.74) is 3.75. The quantitative estimate of drug-likeness (QED) is 0.601. The standard InChI is InChI=1S/C22H20O2/c1-16-10-12-18(13-11-16)24-22-15-14-20-19(22)8-5-9-21(20)23-17-6-3-2-4-7-17/h2-13,22H,14-15H2,1H3/t22-/m1/s1. The zero-order valence-corrected chi connectivity index (χ0v) is 13.7. The summed E-state index contributed by atoms with van der Waals surface area (Å²) >= 11 is 0. The van der Waals surface area contributed by atoms with Crippen molar-refractivity contribution < 1.29 is 9.47 Å². The lowest BCUT2D eigenvalue weighted by Crippen LogP contribution is -2.03. The Hall–Kier alpha value is -2.74. The summed E-state index contributed by atoms with van der Waals surface area (Å²) in [4.78, 5) is 0. The van der Waals surface area contributed by atoms with Crippen LogP contribution in [0.15, 0.2) is 72.8 Å². The van der Waals surface area contributed by atoms with Gasteiger partial charge in [0.2, 0.25) is 0 Å². The lowest BCUT2D eigenvalue weighted by atomic mass is 10.1. The van der Waals surface area contributed by atoms with Gasteiger partial charge >= 0.3 is 0 Å². The molecule has 2 nitrogen and oxygen atoms in total. The van der Waals surface area contributed by atoms with Crippen LogP contribution in [0.1, 0.15) is 29.2 Å². The van der Waals surface area contributed by atoms with E-state index in [4.69, 9.17) is 9.47 Å². The molecule has 24 heavy (non-hydrogen) atoms. The van der Waals surface area contributed by atoms with Crippen LogP contribution in [0.5, 0.6) is 17.2 Å². The summed E-state index contributed by atoms with van der Waals surface area (Å²) < 4.78 is 12.3. The van der Waals surface area contributed by atoms with Crippen LogP contribution in [0.4, 0.5) is 0 Å². The first-order valence-electron chi connectivity index (χ1n) is 8.37. The van der Waals surface area contributed by atoms with Gasteiger partial charge in [-0.15, -0.1) is 0 Å². The van der Waals surface area contributed by atoms with Crippen molar-refractivity contribution in [2.24, 2.45) is 0 Å². The van der Waals surface area contributed by atoms with Crippen molar-refractivity contribution in [2.75, 3.05) is 0 Å². The van der Waals surface area contributed by atoms with E-state index < -0.39 is 0 Å². The van der Waals surface area contributed by atoms with E-state index in [1.54, 1.807) is 0 Å². The fraction of sp³-hybridized carbons (Fsp3) is 0.182. The van der Waals surface area contributed by atoms with Crippen molar-refractivity contribution in [1.82, 2.24) is 0 Å². The Kier molecular flexibility index (Phi) is 3.96. The second-order valence-corrected chi connectivity index (χ2v) is 6.20. The minimum atomic E-state index is 0.0991. The third-order valence-electron chi connectivity index (χ3n) is 4.44. The molecule has 0 fully saturated rings. The second-order valence-electron chi connectivity index (χ2n) is 6.20. The first kappa shape index (κ1) is 14.8. The lowest BCUT2D eigenvalue weighted by Gasteiger charge is -2.16. The van der Waals surface area contributed by atoms with Gasteiger partial charge in [0.15, 0.2) is 0 Å². The number of ether oxygens (including phenoxy) is 2. The van der Waals surface area contributed by atoms with Crippen LogP contribution >= 0.6 is 0 Å². The molecule has 1 atom stereocenters. The average Bonchev–Trinajstić information content (AvgIpc) is 3.02. The molecule has 0 aliphatic heterocycles. The minimum absolute atomic E-state index is 0.0991. The van der Waals surface area contributed by atoms with E-state index in [1.807, 2.05) is 54.6 Å². The molecule has 0 saturated carbocycles. The Balaban J connectivity index is 1.57. The molecule has 120 valence electrons. The van der Waals surface area contributed by atoms with Crippen LogP contribution in [0.2, 0.25) is 0 Å². The van der Waals surface area contributed by atoms with Crippen LogP contribution in [0.25, 0.3) is 0 Å². The maximum Gasteiger partial charge on any atom is 0.131 e. The molecule has 0 radical (unpaired) electrons. The first-order chi connectivity index (χ1) is 11.8. The highest BCUT2D eigenvalue weighted by Crippen LogP contribution is 2.40. The van der Waals surface area contributed by atoms with Gasteiger partial charge in [0.25, 0.3) is 0 Å². The first-order valence-corrected chi connectivity index (χ1v) is 8.37. The maximum atomic E-state index is 6.21. The Morgan fingerprint density at radius 3 is 2.38 bits per heavy atom. The number of fused-ring (bicyclic) bond motifs is 1. The van der Waals surface area contributed by atoms with Crippen molar-refractivity contribution in [3.8, 4) is 17.2 Å². The molecule has 0 bridgehead atoms. The maximum absolute atomic E-state index is 6.21. The summed E-state index contributed by atoms with van der Waals surface area (Å²) in [5, 5.41) is 0. The molecular weight excluding hydrogens is 296 g/mol. The van der Waals surface area contributed by atoms with Crippen LogP contribution in [-0.4, -0.2) is 0 Å². The van der Waals surface area contributed by atoms with E-state index >= 15 is 0 Å². The average molecular weight is 316 g/mol. The number of aryl methyl sites for hydroxylation is 1. The Morgan fingerprint density at radius 1 is 0.792 bits per heavy atom. The third kappa shape index (κ3) is 3.00. The number of rotatable bonds is 4. The van der Waals surface area contributed by atoms with Gasteiger partial charge in [-0.2, -0.15) is 0 Å². The monoisotopic (exact) mass is 316 g/mol. The Bertz CT molecular complexity index is 822. The number of hydrogen-bond donors (Lipinski definition) is 0. The van der Waals surface area contributed by atoms with Gasteiger partial charge < -0.3 is 9.47 Å². The predicted octanol–water partition coefficient (Wildman–Crippen LogP) is 5.85. The van der Waals surface area contributed by atoms with Crippen molar-refractivity contribution in [2.45, 2.75) is 25.9 Å². The molecule has 0 amide bonds. The van der Waals surface area contributed by atoms with Crippen LogP contribution in [0, 0.1) is 6.92 Å². The summed E-state index contributed by atoms with van der Waals surface area (Å²) in [7, 11) is 0. The third-order valence-corrected chi connectivity index (χ3v) is 4.44. The smallest absolute Gasteiger partial charge is 0.131 e. The highest BCUT2D eigenvalue weighted by atomic mass is 16.5. The lowest BCUT2D eigenvalue weighted by molar-refractivity contribution is 0.207. The Morgan fingerprint density at radius 2 is 1.58 bits per heavy atom. The van der Waals surface area contributed by atoms with Gasteiger partial charge in [-0.05, 0) is 55.7 Å². The van der Waals surface area contributed by atoms with Crippen LogP contribution < -0.4 is 9.47 Å². The van der Waals surface area contributed by atoms with Gasteiger partial charge in [0, 0.05) is 5.56 Å². The molecule has 0 heterocycles. The zero-order chi connectivity index (χ0) is 16.4. The van der Waals surface area contributed by atoms with Gasteiger partial charge in [0.05, 0.1) is 0 Å². The van der Waals surface area contributed by atoms with Gasteiger partial charge in [-0.25, -0.2) is 0 Å². The number of para-hydroxylation sites is 1. The van der Waals surface area contributed by atoms with E-state index in [9.17, 15) is 0 Å². The van der Waals surface area contributed by atoms with E-state index in [1.165, 1.54) is 16.7 Å². The van der Waals surface area contributed by atoms with Gasteiger partial charge in [-0.3, -0.25) is 0 Å². The molecule has 1 aliphatic carbocycles. The van der Waals surface area contributed by atoms with Crippen molar-refractivity contribution in [3.63, 3.8) is 0 Å². The molecule has 3 aromatic rings. The largest absolute Gasteiger partial charge is 0.486 e. The van der Waals surface area contributed by atoms with Gasteiger partial charge in [0.1, 0.15) is 23.4 Å². The van der Waals surface area contributed by atoms with Crippen molar-refractivity contribution in [3.05, 3.63) is 89.5 Å². The molecule has 0 saturated heterocycles. The molecule has 0 unspecified atom stereocenters. The number of hydrogen-bond acceptors (Lipinski definition) is 2. The van der Waals surface area contributed by atoms with Crippen LogP contribution in [0.3, 0.4) is 0 Å². The fourth-order valence-corrected chi connectivity index (χ4v) is 3.20. The number of benzene rings is 3. The summed E-state index contributed by atoms with van der Waals surface area (Å²) in [6.45, 7) is 2.09. The Labute approximate surface area is 142 Å². The summed E-state index contributed by atoms with van der Waals surface area (Å²) in [6.07, 6.45) is 2.06. The van der Waals surface area contributed by atoms with Crippen molar-refractivity contribution in [1.29, 1.82) is 0 Å². The predicted molar refractivity (Wildman–Crippen MR) is 95.8 cm³/mol. The van der Waals surface area contributed by atoms with E-state index in [0.29, 0.717) is 0 Å². The minimum Gasteiger partial charge on any atom is -0.486 e. The fourth-order valence-electron chi connectivity index (χ4n) is 3.20. The van der Waals surface area contributed by atoms with Gasteiger partial charge in [-0.1, -0.05) is 48.0 Å². The molecule has 1 aliphatic rings. The van der Waals surface area contributed by atoms with Crippen LogP contribution in [-0.2, 0) is 6.42 Å². The molecule has 0 spiro atoms. The normalized spacial score (nSPS) is 15.8. The summed E-state index contributed by atoms with van der Waals surface area (Å²) in [6, 6.07) is 24.4. The second kappa shape index (κ2) is 6.40. The molecule has 0 N–H and O–H groups in total. The molecule has 3 aromatic carbocycles. The molecule has 2 heteroatoms. The molecule has 0 aromatic heterocycles. The van der Waals surface area contributed by atoms with Crippen molar-refractivity contribution >= 4 is 0 Å². The van der Waals surface area contributed by atoms with E-state index in [0.717, 1.165) is 30.1 Å². The highest BCUT2D eigenvalue weighted by molar-refractivity contribution is 5.47. The van der Waals surface area contributed by atoms with E-state index in [-0.39, 0.29) is 6.10 Å². The molecular formula is C22H20O2. The highest BCUT2D eigenvalue weighted by Gasteiger charge is 2.27. The zero-order valence-electron chi connectivity index (χ0n) is 13.7. The topological polar surface area (TPSA) is 18.5 Å². The summed E-state index contributed by atoms with van der Waals surface area (Å²) in [5.74, 6) is 2.73. The molecule has 4 rings (SSSR count).